The molecule has 1 aromatic heterocycles. The maximum absolute atomic E-state index is 12.1. The van der Waals surface area contributed by atoms with Crippen LogP contribution in [0.1, 0.15) is 15.9 Å². The molecule has 6 nitrogen and oxygen atoms in total. The predicted molar refractivity (Wildman–Crippen MR) is 92.1 cm³/mol. The summed E-state index contributed by atoms with van der Waals surface area (Å²) in [7, 11) is 1.61. The number of nitrogens with one attached hydrogen (secondary N) is 2. The standard InChI is InChI=1S/C18H19N3O3/c1-24-15-7-8-17-16(11-15)14(12-21(17)20-23)9-10-19-18(22)13-5-3-2-4-6-13/h2-8,11-12,20,23H,9-10H2,1H3,(H,19,22). The second-order valence-corrected chi connectivity index (χ2v) is 5.38. The van der Waals surface area contributed by atoms with Gasteiger partial charge < -0.3 is 10.1 Å². The fraction of sp³-hybridized carbons (Fsp3) is 0.167. The van der Waals surface area contributed by atoms with Gasteiger partial charge in [-0.2, -0.15) is 0 Å². The lowest BCUT2D eigenvalue weighted by Gasteiger charge is -2.05. The number of nitrogens with zero attached hydrogens (tertiary/aromatic N) is 1. The largest absolute Gasteiger partial charge is 0.497 e. The number of hydrogen-bond acceptors (Lipinski definition) is 4. The zero-order valence-electron chi connectivity index (χ0n) is 13.3. The summed E-state index contributed by atoms with van der Waals surface area (Å²) in [6, 6.07) is 14.7. The first-order valence-electron chi connectivity index (χ1n) is 7.64. The van der Waals surface area contributed by atoms with E-state index in [1.807, 2.05) is 36.4 Å². The summed E-state index contributed by atoms with van der Waals surface area (Å²) in [5.41, 5.74) is 4.61. The van der Waals surface area contributed by atoms with Crippen molar-refractivity contribution in [2.24, 2.45) is 0 Å². The van der Waals surface area contributed by atoms with E-state index in [1.54, 1.807) is 25.4 Å². The number of fused-ring (bicyclic) bond motifs is 1. The Hall–Kier alpha value is -2.99. The first-order chi connectivity index (χ1) is 11.7. The van der Waals surface area contributed by atoms with Crippen molar-refractivity contribution in [2.45, 2.75) is 6.42 Å². The van der Waals surface area contributed by atoms with E-state index >= 15 is 0 Å². The van der Waals surface area contributed by atoms with Crippen LogP contribution in [0.4, 0.5) is 0 Å². The van der Waals surface area contributed by atoms with E-state index in [4.69, 9.17) is 4.74 Å². The van der Waals surface area contributed by atoms with E-state index in [-0.39, 0.29) is 5.91 Å². The molecule has 3 aromatic rings. The molecule has 3 N–H and O–H groups in total. The van der Waals surface area contributed by atoms with Gasteiger partial charge in [0.05, 0.1) is 12.6 Å². The Morgan fingerprint density at radius 2 is 2.00 bits per heavy atom. The number of aromatic nitrogens is 1. The Bertz CT molecular complexity index is 843. The van der Waals surface area contributed by atoms with Gasteiger partial charge in [0.2, 0.25) is 0 Å². The van der Waals surface area contributed by atoms with E-state index in [2.05, 4.69) is 10.9 Å². The minimum atomic E-state index is -0.0998. The molecule has 0 unspecified atom stereocenters. The van der Waals surface area contributed by atoms with Crippen molar-refractivity contribution in [3.63, 3.8) is 0 Å². The summed E-state index contributed by atoms with van der Waals surface area (Å²) in [6.45, 7) is 0.496. The Labute approximate surface area is 139 Å². The summed E-state index contributed by atoms with van der Waals surface area (Å²) in [4.78, 5) is 12.1. The lowest BCUT2D eigenvalue weighted by atomic mass is 10.1. The highest BCUT2D eigenvalue weighted by Crippen LogP contribution is 2.25. The molecule has 0 bridgehead atoms. The van der Waals surface area contributed by atoms with Crippen molar-refractivity contribution in [3.8, 4) is 5.75 Å². The fourth-order valence-corrected chi connectivity index (χ4v) is 2.69. The van der Waals surface area contributed by atoms with Gasteiger partial charge in [-0.15, -0.1) is 0 Å². The quantitative estimate of drug-likeness (QED) is 0.609. The number of hydrogen-bond donors (Lipinski definition) is 3. The molecule has 0 aliphatic rings. The summed E-state index contributed by atoms with van der Waals surface area (Å²) >= 11 is 0. The van der Waals surface area contributed by atoms with E-state index in [0.29, 0.717) is 18.5 Å². The van der Waals surface area contributed by atoms with E-state index < -0.39 is 0 Å². The fourth-order valence-electron chi connectivity index (χ4n) is 2.69. The normalized spacial score (nSPS) is 10.6. The summed E-state index contributed by atoms with van der Waals surface area (Å²) in [5.74, 6) is 0.643. The van der Waals surface area contributed by atoms with Gasteiger partial charge in [-0.1, -0.05) is 18.2 Å². The average Bonchev–Trinajstić information content (AvgIpc) is 2.99. The van der Waals surface area contributed by atoms with Crippen LogP contribution in [0.25, 0.3) is 10.9 Å². The van der Waals surface area contributed by atoms with Crippen LogP contribution in [0.15, 0.2) is 54.7 Å². The molecular weight excluding hydrogens is 306 g/mol. The smallest absolute Gasteiger partial charge is 0.251 e. The van der Waals surface area contributed by atoms with Crippen molar-refractivity contribution in [1.29, 1.82) is 0 Å². The number of benzene rings is 2. The molecule has 124 valence electrons. The van der Waals surface area contributed by atoms with Crippen LogP contribution in [0.5, 0.6) is 5.75 Å². The molecule has 0 spiro atoms. The minimum absolute atomic E-state index is 0.0998. The third-order valence-corrected chi connectivity index (χ3v) is 3.92. The number of ether oxygens (including phenoxy) is 1. The van der Waals surface area contributed by atoms with Gasteiger partial charge >= 0.3 is 0 Å². The van der Waals surface area contributed by atoms with Crippen molar-refractivity contribution in [3.05, 3.63) is 65.9 Å². The van der Waals surface area contributed by atoms with Crippen LogP contribution in [-0.2, 0) is 6.42 Å². The van der Waals surface area contributed by atoms with Crippen LogP contribution in [0, 0.1) is 0 Å². The van der Waals surface area contributed by atoms with Gasteiger partial charge in [0.25, 0.3) is 5.91 Å². The van der Waals surface area contributed by atoms with Crippen LogP contribution >= 0.6 is 0 Å². The molecule has 2 aromatic carbocycles. The van der Waals surface area contributed by atoms with E-state index in [0.717, 1.165) is 22.2 Å². The highest BCUT2D eigenvalue weighted by atomic mass is 16.5. The second kappa shape index (κ2) is 7.06. The van der Waals surface area contributed by atoms with Crippen molar-refractivity contribution < 1.29 is 14.7 Å². The van der Waals surface area contributed by atoms with Crippen LogP contribution < -0.4 is 15.6 Å². The molecular formula is C18H19N3O3. The van der Waals surface area contributed by atoms with Gasteiger partial charge in [-0.25, -0.2) is 10.3 Å². The Morgan fingerprint density at radius 3 is 2.71 bits per heavy atom. The SMILES string of the molecule is COc1ccc2c(c1)c(CCNC(=O)c1ccccc1)cn2NO. The summed E-state index contributed by atoms with van der Waals surface area (Å²) in [6.07, 6.45) is 2.44. The van der Waals surface area contributed by atoms with Gasteiger partial charge in [0.1, 0.15) is 5.75 Å². The Morgan fingerprint density at radius 1 is 1.21 bits per heavy atom. The Kier molecular flexibility index (Phi) is 4.67. The molecule has 24 heavy (non-hydrogen) atoms. The van der Waals surface area contributed by atoms with Gasteiger partial charge in [-0.05, 0) is 42.3 Å². The molecule has 0 aliphatic heterocycles. The number of carbonyl (C=O) groups excluding carboxylic acids is 1. The minimum Gasteiger partial charge on any atom is -0.497 e. The Balaban J connectivity index is 1.74. The van der Waals surface area contributed by atoms with Crippen LogP contribution in [0.3, 0.4) is 0 Å². The molecule has 0 fully saturated rings. The second-order valence-electron chi connectivity index (χ2n) is 5.38. The van der Waals surface area contributed by atoms with Gasteiger partial charge in [0.15, 0.2) is 0 Å². The third-order valence-electron chi connectivity index (χ3n) is 3.92. The van der Waals surface area contributed by atoms with Gasteiger partial charge in [-0.3, -0.25) is 10.0 Å². The predicted octanol–water partition coefficient (Wildman–Crippen LogP) is 2.56. The number of methoxy groups -OCH3 is 1. The average molecular weight is 325 g/mol. The number of amides is 1. The third kappa shape index (κ3) is 3.18. The number of carbonyl (C=O) groups is 1. The van der Waals surface area contributed by atoms with E-state index in [9.17, 15) is 10.0 Å². The monoisotopic (exact) mass is 325 g/mol. The molecule has 0 saturated carbocycles. The lowest BCUT2D eigenvalue weighted by molar-refractivity contribution is 0.0954. The molecule has 0 aliphatic carbocycles. The molecule has 6 heteroatoms. The maximum atomic E-state index is 12.1. The first kappa shape index (κ1) is 15.9. The molecule has 3 rings (SSSR count). The highest BCUT2D eigenvalue weighted by molar-refractivity contribution is 5.94. The first-order valence-corrected chi connectivity index (χ1v) is 7.64. The van der Waals surface area contributed by atoms with Crippen LogP contribution in [-0.4, -0.2) is 29.4 Å². The van der Waals surface area contributed by atoms with Crippen LogP contribution in [0.2, 0.25) is 0 Å². The van der Waals surface area contributed by atoms with Crippen molar-refractivity contribution >= 4 is 16.8 Å². The molecule has 1 amide bonds. The molecule has 0 radical (unpaired) electrons. The topological polar surface area (TPSA) is 75.5 Å². The molecule has 0 atom stereocenters. The lowest BCUT2D eigenvalue weighted by Crippen LogP contribution is -2.25. The maximum Gasteiger partial charge on any atom is 0.251 e. The molecule has 1 heterocycles. The number of rotatable bonds is 6. The van der Waals surface area contributed by atoms with Gasteiger partial charge in [0, 0.05) is 23.7 Å². The highest BCUT2D eigenvalue weighted by Gasteiger charge is 2.10. The molecule has 0 saturated heterocycles. The van der Waals surface area contributed by atoms with E-state index in [1.165, 1.54) is 4.68 Å². The zero-order valence-corrected chi connectivity index (χ0v) is 13.3. The zero-order chi connectivity index (χ0) is 16.9. The van der Waals surface area contributed by atoms with Crippen molar-refractivity contribution in [2.75, 3.05) is 19.2 Å². The van der Waals surface area contributed by atoms with Crippen molar-refractivity contribution in [1.82, 2.24) is 9.99 Å². The summed E-state index contributed by atoms with van der Waals surface area (Å²) in [5, 5.41) is 13.1. The summed E-state index contributed by atoms with van der Waals surface area (Å²) < 4.78 is 6.79.